The van der Waals surface area contributed by atoms with E-state index in [1.165, 1.54) is 5.56 Å². The average Bonchev–Trinajstić information content (AvgIpc) is 2.31. The van der Waals surface area contributed by atoms with Gasteiger partial charge in [0, 0.05) is 6.20 Å². The molecular formula is C13H13N2. The molecule has 0 aromatic heterocycles. The smallest absolute Gasteiger partial charge is 0.147 e. The largest absolute Gasteiger partial charge is 0.259 e. The van der Waals surface area contributed by atoms with E-state index < -0.39 is 0 Å². The molecule has 0 bridgehead atoms. The summed E-state index contributed by atoms with van der Waals surface area (Å²) in [7, 11) is 0. The summed E-state index contributed by atoms with van der Waals surface area (Å²) in [6, 6.07) is 10.4. The van der Waals surface area contributed by atoms with Gasteiger partial charge in [-0.2, -0.15) is 0 Å². The van der Waals surface area contributed by atoms with Crippen molar-refractivity contribution in [1.29, 1.82) is 0 Å². The number of allylic oxidation sites excluding steroid dienone is 2. The van der Waals surface area contributed by atoms with Crippen LogP contribution in [0, 0.1) is 0 Å². The molecule has 0 saturated heterocycles. The minimum absolute atomic E-state index is 0.154. The minimum Gasteiger partial charge on any atom is -0.259 e. The quantitative estimate of drug-likeness (QED) is 0.697. The number of hydrogen-bond acceptors (Lipinski definition) is 1. The zero-order valence-electron chi connectivity index (χ0n) is 8.67. The van der Waals surface area contributed by atoms with Gasteiger partial charge in [0.15, 0.2) is 0 Å². The van der Waals surface area contributed by atoms with Crippen molar-refractivity contribution >= 4 is 5.84 Å². The molecule has 75 valence electrons. The summed E-state index contributed by atoms with van der Waals surface area (Å²) in [5.41, 5.74) is 1.21. The second kappa shape index (κ2) is 4.60. The van der Waals surface area contributed by atoms with E-state index in [-0.39, 0.29) is 6.04 Å². The molecule has 0 aliphatic carbocycles. The fourth-order valence-electron chi connectivity index (χ4n) is 1.43. The van der Waals surface area contributed by atoms with Gasteiger partial charge in [0.1, 0.15) is 5.84 Å². The normalized spacial score (nSPS) is 18.9. The Labute approximate surface area is 90.0 Å². The first kappa shape index (κ1) is 9.71. The zero-order valence-corrected chi connectivity index (χ0v) is 8.67. The molecule has 2 heteroatoms. The molecule has 0 fully saturated rings. The highest BCUT2D eigenvalue weighted by Crippen LogP contribution is 2.16. The topological polar surface area (TPSA) is 26.5 Å². The first-order valence-electron chi connectivity index (χ1n) is 5.03. The van der Waals surface area contributed by atoms with E-state index in [1.54, 1.807) is 6.20 Å². The van der Waals surface area contributed by atoms with Gasteiger partial charge in [-0.15, -0.1) is 0 Å². The second-order valence-electron chi connectivity index (χ2n) is 3.40. The Morgan fingerprint density at radius 2 is 1.93 bits per heavy atom. The molecule has 1 aliphatic rings. The lowest BCUT2D eigenvalue weighted by Crippen LogP contribution is -2.10. The fraction of sp³-hybridized carbons (Fsp3) is 0.154. The van der Waals surface area contributed by atoms with Crippen LogP contribution in [0.25, 0.3) is 0 Å². The van der Waals surface area contributed by atoms with Crippen LogP contribution in [0.3, 0.4) is 0 Å². The number of rotatable bonds is 2. The summed E-state index contributed by atoms with van der Waals surface area (Å²) < 4.78 is 0. The van der Waals surface area contributed by atoms with Crippen molar-refractivity contribution in [1.82, 2.24) is 5.32 Å². The molecule has 0 amide bonds. The second-order valence-corrected chi connectivity index (χ2v) is 3.40. The number of benzene rings is 1. The van der Waals surface area contributed by atoms with Gasteiger partial charge in [0.2, 0.25) is 0 Å². The van der Waals surface area contributed by atoms with Crippen molar-refractivity contribution in [3.05, 3.63) is 60.3 Å². The third kappa shape index (κ3) is 2.56. The van der Waals surface area contributed by atoms with Crippen LogP contribution in [-0.4, -0.2) is 5.84 Å². The molecule has 1 unspecified atom stereocenters. The predicted molar refractivity (Wildman–Crippen MR) is 62.7 cm³/mol. The average molecular weight is 197 g/mol. The number of nitrogens with zero attached hydrogens (tertiary/aromatic N) is 2. The summed E-state index contributed by atoms with van der Waals surface area (Å²) >= 11 is 0. The molecule has 2 nitrogen and oxygen atoms in total. The minimum atomic E-state index is 0.154. The van der Waals surface area contributed by atoms with E-state index in [4.69, 9.17) is 0 Å². The zero-order chi connectivity index (χ0) is 10.5. The monoisotopic (exact) mass is 197 g/mol. The van der Waals surface area contributed by atoms with Crippen LogP contribution in [0.5, 0.6) is 0 Å². The van der Waals surface area contributed by atoms with Gasteiger partial charge in [-0.25, -0.2) is 5.32 Å². The number of aliphatic imine (C=N–C) groups is 1. The van der Waals surface area contributed by atoms with Crippen LogP contribution in [-0.2, 0) is 0 Å². The molecule has 1 atom stereocenters. The van der Waals surface area contributed by atoms with Crippen molar-refractivity contribution in [2.45, 2.75) is 13.0 Å². The molecule has 1 aliphatic heterocycles. The van der Waals surface area contributed by atoms with E-state index in [1.807, 2.05) is 36.4 Å². The lowest BCUT2D eigenvalue weighted by molar-refractivity contribution is 0.814. The van der Waals surface area contributed by atoms with E-state index >= 15 is 0 Å². The number of hydrogen-bond donors (Lipinski definition) is 0. The standard InChI is InChI=1S/C13H13N2/c1-11(12-7-3-2-4-8-12)15-13-9-5-6-10-14-13/h2-11H,1H3/b15-13-. The van der Waals surface area contributed by atoms with E-state index in [0.717, 1.165) is 5.84 Å². The summed E-state index contributed by atoms with van der Waals surface area (Å²) in [5, 5.41) is 4.18. The van der Waals surface area contributed by atoms with E-state index in [2.05, 4.69) is 29.4 Å². The third-order valence-electron chi connectivity index (χ3n) is 2.26. The van der Waals surface area contributed by atoms with Crippen LogP contribution in [0.4, 0.5) is 0 Å². The summed E-state index contributed by atoms with van der Waals surface area (Å²) in [6.45, 7) is 2.07. The molecule has 1 aromatic rings. The van der Waals surface area contributed by atoms with Crippen molar-refractivity contribution in [2.24, 2.45) is 4.99 Å². The molecule has 1 radical (unpaired) electrons. The Bertz CT molecular complexity index is 402. The third-order valence-corrected chi connectivity index (χ3v) is 2.26. The Morgan fingerprint density at radius 1 is 1.13 bits per heavy atom. The molecule has 2 rings (SSSR count). The van der Waals surface area contributed by atoms with Gasteiger partial charge in [-0.05, 0) is 24.6 Å². The van der Waals surface area contributed by atoms with Crippen molar-refractivity contribution in [3.63, 3.8) is 0 Å². The molecule has 15 heavy (non-hydrogen) atoms. The maximum Gasteiger partial charge on any atom is 0.147 e. The van der Waals surface area contributed by atoms with Crippen LogP contribution in [0.2, 0.25) is 0 Å². The molecule has 1 heterocycles. The molecule has 0 saturated carbocycles. The SMILES string of the molecule is CC(/N=C1/C=CC=C[N]1)c1ccccc1. The van der Waals surface area contributed by atoms with E-state index in [0.29, 0.717) is 0 Å². The van der Waals surface area contributed by atoms with Crippen molar-refractivity contribution in [2.75, 3.05) is 0 Å². The van der Waals surface area contributed by atoms with Crippen LogP contribution in [0.15, 0.2) is 59.8 Å². The van der Waals surface area contributed by atoms with Crippen LogP contribution >= 0.6 is 0 Å². The molecule has 0 spiro atoms. The summed E-state index contributed by atoms with van der Waals surface area (Å²) in [4.78, 5) is 4.52. The summed E-state index contributed by atoms with van der Waals surface area (Å²) in [6.07, 6.45) is 7.52. The Balaban J connectivity index is 2.13. The fourth-order valence-corrected chi connectivity index (χ4v) is 1.43. The highest BCUT2D eigenvalue weighted by molar-refractivity contribution is 5.94. The number of amidine groups is 1. The molecule has 0 N–H and O–H groups in total. The van der Waals surface area contributed by atoms with Crippen LogP contribution < -0.4 is 5.32 Å². The molecule has 1 aromatic carbocycles. The first-order valence-corrected chi connectivity index (χ1v) is 5.03. The van der Waals surface area contributed by atoms with Gasteiger partial charge < -0.3 is 0 Å². The first-order chi connectivity index (χ1) is 7.36. The Hall–Kier alpha value is -1.83. The van der Waals surface area contributed by atoms with Crippen LogP contribution in [0.1, 0.15) is 18.5 Å². The van der Waals surface area contributed by atoms with Gasteiger partial charge in [0.25, 0.3) is 0 Å². The summed E-state index contributed by atoms with van der Waals surface area (Å²) in [5.74, 6) is 0.786. The maximum absolute atomic E-state index is 4.52. The lowest BCUT2D eigenvalue weighted by atomic mass is 10.1. The van der Waals surface area contributed by atoms with Gasteiger partial charge in [-0.3, -0.25) is 4.99 Å². The Morgan fingerprint density at radius 3 is 2.60 bits per heavy atom. The van der Waals surface area contributed by atoms with E-state index in [9.17, 15) is 0 Å². The Kier molecular flexibility index (Phi) is 2.98. The van der Waals surface area contributed by atoms with Crippen molar-refractivity contribution < 1.29 is 0 Å². The predicted octanol–water partition coefficient (Wildman–Crippen LogP) is 2.83. The highest BCUT2D eigenvalue weighted by Gasteiger charge is 2.04. The van der Waals surface area contributed by atoms with Gasteiger partial charge in [-0.1, -0.05) is 36.4 Å². The van der Waals surface area contributed by atoms with Gasteiger partial charge >= 0.3 is 0 Å². The molecular weight excluding hydrogens is 184 g/mol. The lowest BCUT2D eigenvalue weighted by Gasteiger charge is -2.08. The maximum atomic E-state index is 4.52. The van der Waals surface area contributed by atoms with Gasteiger partial charge in [0.05, 0.1) is 6.04 Å². The van der Waals surface area contributed by atoms with Crippen molar-refractivity contribution in [3.8, 4) is 0 Å². The highest BCUT2D eigenvalue weighted by atomic mass is 15.0.